The van der Waals surface area contributed by atoms with E-state index in [0.29, 0.717) is 5.92 Å². The molecule has 1 unspecified atom stereocenters. The number of unbranched alkanes of at least 4 members (excludes halogenated alkanes) is 1. The summed E-state index contributed by atoms with van der Waals surface area (Å²) in [5.74, 6) is 0.455. The van der Waals surface area contributed by atoms with Crippen molar-refractivity contribution in [3.8, 4) is 0 Å². The fraction of sp³-hybridized carbons (Fsp3) is 0.474. The molecule has 0 radical (unpaired) electrons. The monoisotopic (exact) mass is 332 g/mol. The first-order chi connectivity index (χ1) is 10.5. The van der Waals surface area contributed by atoms with Crippen LogP contribution in [0.4, 0.5) is 0 Å². The van der Waals surface area contributed by atoms with Crippen molar-refractivity contribution in [1.82, 2.24) is 0 Å². The van der Waals surface area contributed by atoms with E-state index in [2.05, 4.69) is 68.7 Å². The molecule has 0 N–H and O–H groups in total. The second-order valence-corrected chi connectivity index (χ2v) is 11.9. The molecular weight excluding hydrogens is 304 g/mol. The topological polar surface area (TPSA) is 9.23 Å². The van der Waals surface area contributed by atoms with Crippen molar-refractivity contribution in [3.05, 3.63) is 57.8 Å². The highest BCUT2D eigenvalue weighted by Gasteiger charge is 2.22. The molecule has 22 heavy (non-hydrogen) atoms. The van der Waals surface area contributed by atoms with Crippen LogP contribution in [0.2, 0.25) is 19.1 Å². The Bertz CT molecular complexity index is 562. The minimum atomic E-state index is -1.48. The summed E-state index contributed by atoms with van der Waals surface area (Å²) in [6, 6.07) is 14.3. The van der Waals surface area contributed by atoms with Gasteiger partial charge < -0.3 is 4.43 Å². The molecule has 0 amide bonds. The molecule has 1 aromatic heterocycles. The van der Waals surface area contributed by atoms with E-state index < -0.39 is 8.32 Å². The predicted molar refractivity (Wildman–Crippen MR) is 100 cm³/mol. The third-order valence-corrected chi connectivity index (χ3v) is 7.62. The van der Waals surface area contributed by atoms with E-state index in [1.165, 1.54) is 34.9 Å². The van der Waals surface area contributed by atoms with Crippen molar-refractivity contribution in [2.24, 2.45) is 0 Å². The summed E-state index contributed by atoms with van der Waals surface area (Å²) in [6.07, 6.45) is 2.55. The number of thiophene rings is 1. The normalized spacial score (nSPS) is 13.3. The van der Waals surface area contributed by atoms with E-state index >= 15 is 0 Å². The van der Waals surface area contributed by atoms with Gasteiger partial charge in [0.05, 0.1) is 6.61 Å². The summed E-state index contributed by atoms with van der Waals surface area (Å²) in [4.78, 5) is 1.36. The Hall–Kier alpha value is -0.903. The van der Waals surface area contributed by atoms with Crippen LogP contribution in [0.25, 0.3) is 0 Å². The number of hydrogen-bond donors (Lipinski definition) is 0. The van der Waals surface area contributed by atoms with Gasteiger partial charge in [-0.2, -0.15) is 0 Å². The fourth-order valence-electron chi connectivity index (χ4n) is 2.58. The molecule has 0 spiro atoms. The van der Waals surface area contributed by atoms with Gasteiger partial charge in [-0.25, -0.2) is 0 Å². The van der Waals surface area contributed by atoms with Crippen LogP contribution in [0.15, 0.2) is 41.8 Å². The van der Waals surface area contributed by atoms with Crippen molar-refractivity contribution >= 4 is 19.7 Å². The zero-order valence-corrected chi connectivity index (χ0v) is 16.1. The highest BCUT2D eigenvalue weighted by Crippen LogP contribution is 2.29. The highest BCUT2D eigenvalue weighted by atomic mass is 32.1. The lowest BCUT2D eigenvalue weighted by atomic mass is 9.95. The molecule has 0 aliphatic rings. The molecule has 3 heteroatoms. The van der Waals surface area contributed by atoms with E-state index in [9.17, 15) is 0 Å². The molecule has 0 saturated heterocycles. The van der Waals surface area contributed by atoms with E-state index in [4.69, 9.17) is 4.43 Å². The average Bonchev–Trinajstić information content (AvgIpc) is 3.00. The first-order valence-corrected chi connectivity index (χ1v) is 12.3. The molecule has 120 valence electrons. The van der Waals surface area contributed by atoms with Crippen LogP contribution in [-0.4, -0.2) is 8.32 Å². The van der Waals surface area contributed by atoms with Crippen LogP contribution in [0.5, 0.6) is 0 Å². The van der Waals surface area contributed by atoms with Gasteiger partial charge in [-0.15, -0.1) is 11.3 Å². The van der Waals surface area contributed by atoms with Gasteiger partial charge in [-0.05, 0) is 41.7 Å². The number of hydrogen-bond acceptors (Lipinski definition) is 2. The Balaban J connectivity index is 1.94. The molecule has 0 aliphatic carbocycles. The maximum atomic E-state index is 6.27. The summed E-state index contributed by atoms with van der Waals surface area (Å²) in [5.41, 5.74) is 2.79. The van der Waals surface area contributed by atoms with Gasteiger partial charge in [-0.3, -0.25) is 0 Å². The molecule has 1 aromatic carbocycles. The second kappa shape index (κ2) is 8.09. The SMILES string of the molecule is CCCC[Si](C)(C)OCc1cc(C(C)c2ccccc2)cs1. The number of rotatable bonds is 8. The molecule has 0 aliphatic heterocycles. The van der Waals surface area contributed by atoms with Crippen LogP contribution in [0.1, 0.15) is 48.6 Å². The molecule has 2 aromatic rings. The minimum absolute atomic E-state index is 0.455. The molecule has 2 rings (SSSR count). The van der Waals surface area contributed by atoms with E-state index in [0.717, 1.165) is 6.61 Å². The molecule has 1 heterocycles. The molecule has 0 saturated carbocycles. The van der Waals surface area contributed by atoms with E-state index in [-0.39, 0.29) is 0 Å². The van der Waals surface area contributed by atoms with Gasteiger partial charge in [-0.1, -0.05) is 57.0 Å². The van der Waals surface area contributed by atoms with Gasteiger partial charge in [0.2, 0.25) is 0 Å². The van der Waals surface area contributed by atoms with E-state index in [1.807, 2.05) is 11.3 Å². The zero-order valence-electron chi connectivity index (χ0n) is 14.3. The van der Waals surface area contributed by atoms with Crippen molar-refractivity contribution in [2.75, 3.05) is 0 Å². The maximum Gasteiger partial charge on any atom is 0.187 e. The zero-order chi connectivity index (χ0) is 16.0. The lowest BCUT2D eigenvalue weighted by molar-refractivity contribution is 0.297. The molecule has 0 fully saturated rings. The minimum Gasteiger partial charge on any atom is -0.412 e. The Morgan fingerprint density at radius 2 is 1.86 bits per heavy atom. The third-order valence-electron chi connectivity index (χ3n) is 4.21. The van der Waals surface area contributed by atoms with Gasteiger partial charge in [0, 0.05) is 10.8 Å². The van der Waals surface area contributed by atoms with Crippen molar-refractivity contribution in [1.29, 1.82) is 0 Å². The van der Waals surface area contributed by atoms with Gasteiger partial charge >= 0.3 is 0 Å². The summed E-state index contributed by atoms with van der Waals surface area (Å²) < 4.78 is 6.27. The Morgan fingerprint density at radius 3 is 2.55 bits per heavy atom. The summed E-state index contributed by atoms with van der Waals surface area (Å²) >= 11 is 1.83. The van der Waals surface area contributed by atoms with Gasteiger partial charge in [0.1, 0.15) is 0 Å². The quantitative estimate of drug-likeness (QED) is 0.507. The molecule has 1 nitrogen and oxygen atoms in total. The Labute approximate surface area is 140 Å². The fourth-order valence-corrected chi connectivity index (χ4v) is 5.47. The third kappa shape index (κ3) is 5.08. The van der Waals surface area contributed by atoms with E-state index in [1.54, 1.807) is 0 Å². The average molecular weight is 333 g/mol. The van der Waals surface area contributed by atoms with Gasteiger partial charge in [0.15, 0.2) is 8.32 Å². The number of benzene rings is 1. The summed E-state index contributed by atoms with van der Waals surface area (Å²) in [5, 5.41) is 2.29. The lowest BCUT2D eigenvalue weighted by Gasteiger charge is -2.22. The highest BCUT2D eigenvalue weighted by molar-refractivity contribution is 7.10. The molecule has 1 atom stereocenters. The van der Waals surface area contributed by atoms with Crippen LogP contribution < -0.4 is 0 Å². The smallest absolute Gasteiger partial charge is 0.187 e. The van der Waals surface area contributed by atoms with Crippen LogP contribution in [0, 0.1) is 0 Å². The Morgan fingerprint density at radius 1 is 1.14 bits per heavy atom. The van der Waals surface area contributed by atoms with Crippen LogP contribution in [-0.2, 0) is 11.0 Å². The largest absolute Gasteiger partial charge is 0.412 e. The van der Waals surface area contributed by atoms with Crippen LogP contribution in [0.3, 0.4) is 0 Å². The second-order valence-electron chi connectivity index (χ2n) is 6.63. The van der Waals surface area contributed by atoms with Crippen molar-refractivity contribution in [3.63, 3.8) is 0 Å². The molecule has 0 bridgehead atoms. The summed E-state index contributed by atoms with van der Waals surface area (Å²) in [7, 11) is -1.48. The van der Waals surface area contributed by atoms with Crippen molar-refractivity contribution in [2.45, 2.75) is 58.4 Å². The first kappa shape index (κ1) is 17.5. The van der Waals surface area contributed by atoms with Crippen LogP contribution >= 0.6 is 11.3 Å². The molecular formula is C19H28OSSi. The standard InChI is InChI=1S/C19H28OSSi/c1-5-6-12-22(3,4)20-14-19-13-18(15-21-19)16(2)17-10-8-7-9-11-17/h7-11,13,15-16H,5-6,12,14H2,1-4H3. The first-order valence-electron chi connectivity index (χ1n) is 8.28. The summed E-state index contributed by atoms with van der Waals surface area (Å²) in [6.45, 7) is 9.99. The Kier molecular flexibility index (Phi) is 6.42. The maximum absolute atomic E-state index is 6.27. The predicted octanol–water partition coefficient (Wildman–Crippen LogP) is 6.42. The lowest BCUT2D eigenvalue weighted by Crippen LogP contribution is -2.29. The van der Waals surface area contributed by atoms with Crippen molar-refractivity contribution < 1.29 is 4.43 Å². The van der Waals surface area contributed by atoms with Gasteiger partial charge in [0.25, 0.3) is 0 Å².